The van der Waals surface area contributed by atoms with Crippen LogP contribution in [-0.4, -0.2) is 31.3 Å². The van der Waals surface area contributed by atoms with Crippen molar-refractivity contribution in [1.29, 1.82) is 0 Å². The Morgan fingerprint density at radius 1 is 1.32 bits per heavy atom. The van der Waals surface area contributed by atoms with Crippen LogP contribution < -0.4 is 10.6 Å². The number of amides is 1. The molecule has 0 heterocycles. The van der Waals surface area contributed by atoms with E-state index in [0.29, 0.717) is 12.2 Å². The van der Waals surface area contributed by atoms with E-state index in [1.54, 1.807) is 25.1 Å². The zero-order valence-corrected chi connectivity index (χ0v) is 10.2. The van der Waals surface area contributed by atoms with Crippen molar-refractivity contribution in [2.24, 2.45) is 0 Å². The first-order valence-corrected chi connectivity index (χ1v) is 5.65. The second-order valence-electron chi connectivity index (χ2n) is 3.82. The third kappa shape index (κ3) is 4.11. The lowest BCUT2D eigenvalue weighted by Crippen LogP contribution is -2.41. The number of carbonyl (C=O) groups excluding carboxylic acids is 1. The molecule has 1 amide bonds. The number of hydrogen-bond acceptors (Lipinski definition) is 2. The van der Waals surface area contributed by atoms with E-state index in [4.69, 9.17) is 0 Å². The fraction of sp³-hybridized carbons (Fsp3) is 0.417. The van der Waals surface area contributed by atoms with Crippen LogP contribution in [0.1, 0.15) is 17.3 Å². The van der Waals surface area contributed by atoms with Crippen molar-refractivity contribution in [2.45, 2.75) is 19.3 Å². The molecule has 2 N–H and O–H groups in total. The number of hydrogen-bond donors (Lipinski definition) is 2. The van der Waals surface area contributed by atoms with Crippen molar-refractivity contribution >= 4 is 11.6 Å². The monoisotopic (exact) mass is 278 g/mol. The molecular formula is C12H14F4N2O. The first-order chi connectivity index (χ1) is 8.88. The normalized spacial score (nSPS) is 11.5. The predicted molar refractivity (Wildman–Crippen MR) is 63.9 cm³/mol. The number of rotatable bonds is 6. The molecule has 0 aliphatic carbocycles. The predicted octanol–water partition coefficient (Wildman–Crippen LogP) is 2.75. The van der Waals surface area contributed by atoms with Crippen LogP contribution in [0, 0.1) is 0 Å². The molecule has 0 bridgehead atoms. The van der Waals surface area contributed by atoms with Gasteiger partial charge in [-0.15, -0.1) is 0 Å². The summed E-state index contributed by atoms with van der Waals surface area (Å²) in [5, 5.41) is 4.69. The molecule has 1 aromatic carbocycles. The molecule has 0 atom stereocenters. The minimum atomic E-state index is -4.23. The van der Waals surface area contributed by atoms with Gasteiger partial charge < -0.3 is 10.6 Å². The summed E-state index contributed by atoms with van der Waals surface area (Å²) < 4.78 is 49.3. The molecule has 0 aliphatic heterocycles. The molecule has 3 nitrogen and oxygen atoms in total. The van der Waals surface area contributed by atoms with Crippen LogP contribution in [0.15, 0.2) is 24.3 Å². The summed E-state index contributed by atoms with van der Waals surface area (Å²) in [6.07, 6.45) is -3.81. The van der Waals surface area contributed by atoms with Crippen LogP contribution in [-0.2, 0) is 0 Å². The summed E-state index contributed by atoms with van der Waals surface area (Å²) in [5.41, 5.74) is 0.595. The van der Waals surface area contributed by atoms with Gasteiger partial charge in [-0.1, -0.05) is 12.1 Å². The van der Waals surface area contributed by atoms with Crippen molar-refractivity contribution in [3.05, 3.63) is 29.8 Å². The Hall–Kier alpha value is -1.79. The lowest BCUT2D eigenvalue weighted by Gasteiger charge is -2.16. The summed E-state index contributed by atoms with van der Waals surface area (Å²) in [7, 11) is 0. The zero-order valence-electron chi connectivity index (χ0n) is 10.2. The van der Waals surface area contributed by atoms with E-state index in [0.717, 1.165) is 0 Å². The van der Waals surface area contributed by atoms with Crippen LogP contribution in [0.3, 0.4) is 0 Å². The molecule has 0 aliphatic rings. The molecule has 106 valence electrons. The Morgan fingerprint density at radius 2 is 1.95 bits per heavy atom. The molecule has 0 saturated heterocycles. The van der Waals surface area contributed by atoms with Gasteiger partial charge >= 0.3 is 12.3 Å². The number of para-hydroxylation sites is 1. The Labute approximate surface area is 108 Å². The molecule has 19 heavy (non-hydrogen) atoms. The fourth-order valence-electron chi connectivity index (χ4n) is 1.40. The van der Waals surface area contributed by atoms with Crippen molar-refractivity contribution in [3.8, 4) is 0 Å². The highest BCUT2D eigenvalue weighted by Crippen LogP contribution is 2.22. The van der Waals surface area contributed by atoms with E-state index in [2.05, 4.69) is 5.32 Å². The van der Waals surface area contributed by atoms with Gasteiger partial charge in [0, 0.05) is 12.2 Å². The number of carbonyl (C=O) groups is 1. The van der Waals surface area contributed by atoms with Gasteiger partial charge in [-0.05, 0) is 19.1 Å². The number of anilines is 1. The van der Waals surface area contributed by atoms with Gasteiger partial charge in [-0.25, -0.2) is 8.78 Å². The molecule has 0 fully saturated rings. The number of nitrogens with one attached hydrogen (secondary N) is 2. The minimum Gasteiger partial charge on any atom is -0.385 e. The average molecular weight is 278 g/mol. The van der Waals surface area contributed by atoms with Crippen LogP contribution in [0.5, 0.6) is 0 Å². The Balaban J connectivity index is 2.74. The maximum absolute atomic E-state index is 12.7. The highest BCUT2D eigenvalue weighted by molar-refractivity contribution is 5.99. The quantitative estimate of drug-likeness (QED) is 0.786. The maximum Gasteiger partial charge on any atom is 0.324 e. The van der Waals surface area contributed by atoms with E-state index in [1.807, 2.05) is 5.32 Å². The molecule has 0 spiro atoms. The van der Waals surface area contributed by atoms with E-state index in [-0.39, 0.29) is 5.56 Å². The molecule has 0 aromatic heterocycles. The Morgan fingerprint density at radius 3 is 2.53 bits per heavy atom. The van der Waals surface area contributed by atoms with Gasteiger partial charge in [0.2, 0.25) is 0 Å². The molecule has 7 heteroatoms. The van der Waals surface area contributed by atoms with E-state index >= 15 is 0 Å². The van der Waals surface area contributed by atoms with Gasteiger partial charge in [0.1, 0.15) is 0 Å². The lowest BCUT2D eigenvalue weighted by atomic mass is 10.1. The SMILES string of the molecule is CCNc1ccccc1C(=O)NCC(F)(F)C(F)F. The van der Waals surface area contributed by atoms with E-state index in [1.165, 1.54) is 6.07 Å². The molecule has 0 radical (unpaired) electrons. The van der Waals surface area contributed by atoms with Crippen LogP contribution in [0.25, 0.3) is 0 Å². The van der Waals surface area contributed by atoms with Gasteiger partial charge in [-0.3, -0.25) is 4.79 Å². The third-order valence-corrected chi connectivity index (χ3v) is 2.34. The lowest BCUT2D eigenvalue weighted by molar-refractivity contribution is -0.123. The smallest absolute Gasteiger partial charge is 0.324 e. The van der Waals surface area contributed by atoms with Gasteiger partial charge in [0.25, 0.3) is 5.91 Å². The highest BCUT2D eigenvalue weighted by atomic mass is 19.3. The van der Waals surface area contributed by atoms with Crippen molar-refractivity contribution in [1.82, 2.24) is 5.32 Å². The average Bonchev–Trinajstić information content (AvgIpc) is 2.37. The van der Waals surface area contributed by atoms with Crippen LogP contribution in [0.2, 0.25) is 0 Å². The first-order valence-electron chi connectivity index (χ1n) is 5.65. The standard InChI is InChI=1S/C12H14F4N2O/c1-2-17-9-6-4-3-5-8(9)10(19)18-7-12(15,16)11(13)14/h3-6,11,17H,2,7H2,1H3,(H,18,19). The molecule has 0 unspecified atom stereocenters. The first kappa shape index (κ1) is 15.3. The van der Waals surface area contributed by atoms with E-state index < -0.39 is 24.8 Å². The minimum absolute atomic E-state index is 0.134. The molecule has 0 saturated carbocycles. The summed E-state index contributed by atoms with van der Waals surface area (Å²) in [6.45, 7) is 0.946. The van der Waals surface area contributed by atoms with Gasteiger partial charge in [0.05, 0.1) is 12.1 Å². The summed E-state index contributed by atoms with van der Waals surface area (Å²) >= 11 is 0. The van der Waals surface area contributed by atoms with Gasteiger partial charge in [-0.2, -0.15) is 8.78 Å². The Bertz CT molecular complexity index is 437. The molecule has 1 rings (SSSR count). The highest BCUT2D eigenvalue weighted by Gasteiger charge is 2.40. The topological polar surface area (TPSA) is 41.1 Å². The van der Waals surface area contributed by atoms with Crippen LogP contribution in [0.4, 0.5) is 23.2 Å². The van der Waals surface area contributed by atoms with Crippen molar-refractivity contribution in [3.63, 3.8) is 0 Å². The summed E-state index contributed by atoms with van der Waals surface area (Å²) in [5.74, 6) is -5.06. The summed E-state index contributed by atoms with van der Waals surface area (Å²) in [4.78, 5) is 11.7. The largest absolute Gasteiger partial charge is 0.385 e. The molecule has 1 aromatic rings. The third-order valence-electron chi connectivity index (χ3n) is 2.34. The number of benzene rings is 1. The maximum atomic E-state index is 12.7. The Kier molecular flexibility index (Phi) is 5.14. The van der Waals surface area contributed by atoms with Crippen molar-refractivity contribution in [2.75, 3.05) is 18.4 Å². The van der Waals surface area contributed by atoms with Crippen molar-refractivity contribution < 1.29 is 22.4 Å². The molecular weight excluding hydrogens is 264 g/mol. The van der Waals surface area contributed by atoms with Crippen LogP contribution >= 0.6 is 0 Å². The second-order valence-corrected chi connectivity index (χ2v) is 3.82. The van der Waals surface area contributed by atoms with E-state index in [9.17, 15) is 22.4 Å². The number of halogens is 4. The van der Waals surface area contributed by atoms with Gasteiger partial charge in [0.15, 0.2) is 0 Å². The second kappa shape index (κ2) is 6.40. The fourth-order valence-corrected chi connectivity index (χ4v) is 1.40. The number of alkyl halides is 4. The zero-order chi connectivity index (χ0) is 14.5. The summed E-state index contributed by atoms with van der Waals surface area (Å²) in [6, 6.07) is 6.25.